The lowest BCUT2D eigenvalue weighted by atomic mass is 9.86. The van der Waals surface area contributed by atoms with E-state index in [1.807, 2.05) is 6.92 Å². The summed E-state index contributed by atoms with van der Waals surface area (Å²) >= 11 is 0. The zero-order valence-corrected chi connectivity index (χ0v) is 13.0. The van der Waals surface area contributed by atoms with Gasteiger partial charge in [-0.05, 0) is 56.0 Å². The number of hydrogen-bond donors (Lipinski definition) is 1. The van der Waals surface area contributed by atoms with E-state index in [0.717, 1.165) is 18.9 Å². The standard InChI is InChI=1S/C16H24N2O.ClH/c1-2-19-15-5-3-14(4-6-15)11-18-10-8-16(13-18)7-9-17-12-16;/h3-6,17H,2,7-13H2,1H3;1H. The third-order valence-electron chi connectivity index (χ3n) is 4.49. The Bertz CT molecular complexity index is 415. The van der Waals surface area contributed by atoms with Crippen LogP contribution in [0.3, 0.4) is 0 Å². The van der Waals surface area contributed by atoms with Crippen molar-refractivity contribution >= 4 is 12.4 Å². The monoisotopic (exact) mass is 296 g/mol. The summed E-state index contributed by atoms with van der Waals surface area (Å²) in [7, 11) is 0. The Kier molecular flexibility index (Phi) is 5.30. The molecule has 2 aliphatic rings. The zero-order valence-electron chi connectivity index (χ0n) is 12.2. The molecule has 0 saturated carbocycles. The van der Waals surface area contributed by atoms with Crippen molar-refractivity contribution in [3.8, 4) is 5.75 Å². The van der Waals surface area contributed by atoms with Crippen molar-refractivity contribution in [1.29, 1.82) is 0 Å². The highest BCUT2D eigenvalue weighted by atomic mass is 35.5. The average Bonchev–Trinajstić information content (AvgIpc) is 3.03. The van der Waals surface area contributed by atoms with Crippen LogP contribution in [0.4, 0.5) is 0 Å². The van der Waals surface area contributed by atoms with Crippen molar-refractivity contribution in [3.63, 3.8) is 0 Å². The molecule has 0 amide bonds. The first-order valence-electron chi connectivity index (χ1n) is 7.44. The predicted octanol–water partition coefficient (Wildman–Crippen LogP) is 2.69. The number of ether oxygens (including phenoxy) is 1. The Balaban J connectivity index is 0.00000147. The molecule has 3 nitrogen and oxygen atoms in total. The maximum Gasteiger partial charge on any atom is 0.119 e. The lowest BCUT2D eigenvalue weighted by molar-refractivity contribution is 0.268. The third-order valence-corrected chi connectivity index (χ3v) is 4.49. The molecule has 3 rings (SSSR count). The zero-order chi connectivity index (χ0) is 13.1. The van der Waals surface area contributed by atoms with Gasteiger partial charge in [0.15, 0.2) is 0 Å². The van der Waals surface area contributed by atoms with E-state index >= 15 is 0 Å². The first-order chi connectivity index (χ1) is 9.30. The van der Waals surface area contributed by atoms with Crippen molar-refractivity contribution < 1.29 is 4.74 Å². The summed E-state index contributed by atoms with van der Waals surface area (Å²) in [6.07, 6.45) is 2.71. The van der Waals surface area contributed by atoms with Gasteiger partial charge in [0.1, 0.15) is 5.75 Å². The molecular formula is C16H25ClN2O. The summed E-state index contributed by atoms with van der Waals surface area (Å²) in [5.41, 5.74) is 1.97. The number of halogens is 1. The molecule has 20 heavy (non-hydrogen) atoms. The van der Waals surface area contributed by atoms with Crippen LogP contribution in [0.1, 0.15) is 25.3 Å². The quantitative estimate of drug-likeness (QED) is 0.924. The number of hydrogen-bond acceptors (Lipinski definition) is 3. The fourth-order valence-electron chi connectivity index (χ4n) is 3.42. The Morgan fingerprint density at radius 1 is 1.25 bits per heavy atom. The van der Waals surface area contributed by atoms with Gasteiger partial charge in [-0.3, -0.25) is 4.90 Å². The van der Waals surface area contributed by atoms with Crippen LogP contribution < -0.4 is 10.1 Å². The number of rotatable bonds is 4. The molecule has 2 saturated heterocycles. The van der Waals surface area contributed by atoms with E-state index in [-0.39, 0.29) is 12.4 Å². The molecule has 1 N–H and O–H groups in total. The smallest absolute Gasteiger partial charge is 0.119 e. The molecular weight excluding hydrogens is 272 g/mol. The third kappa shape index (κ3) is 3.46. The van der Waals surface area contributed by atoms with Gasteiger partial charge in [-0.15, -0.1) is 12.4 Å². The van der Waals surface area contributed by atoms with E-state index in [1.165, 1.54) is 44.6 Å². The number of likely N-dealkylation sites (tertiary alicyclic amines) is 1. The van der Waals surface area contributed by atoms with Crippen molar-refractivity contribution in [2.24, 2.45) is 5.41 Å². The Hall–Kier alpha value is -0.770. The van der Waals surface area contributed by atoms with Gasteiger partial charge in [-0.25, -0.2) is 0 Å². The summed E-state index contributed by atoms with van der Waals surface area (Å²) in [6.45, 7) is 8.76. The minimum Gasteiger partial charge on any atom is -0.494 e. The highest BCUT2D eigenvalue weighted by Gasteiger charge is 2.39. The summed E-state index contributed by atoms with van der Waals surface area (Å²) in [4.78, 5) is 2.60. The number of nitrogens with zero attached hydrogens (tertiary/aromatic N) is 1. The minimum atomic E-state index is 0. The van der Waals surface area contributed by atoms with Crippen LogP contribution in [0.15, 0.2) is 24.3 Å². The molecule has 4 heteroatoms. The molecule has 0 aromatic heterocycles. The van der Waals surface area contributed by atoms with Crippen LogP contribution in [0.5, 0.6) is 5.75 Å². The first-order valence-corrected chi connectivity index (χ1v) is 7.44. The predicted molar refractivity (Wildman–Crippen MR) is 84.7 cm³/mol. The van der Waals surface area contributed by atoms with Crippen LogP contribution >= 0.6 is 12.4 Å². The molecule has 1 aromatic carbocycles. The molecule has 2 fully saturated rings. The van der Waals surface area contributed by atoms with Crippen LogP contribution in [0.2, 0.25) is 0 Å². The summed E-state index contributed by atoms with van der Waals surface area (Å²) in [6, 6.07) is 8.56. The van der Waals surface area contributed by atoms with E-state index < -0.39 is 0 Å². The minimum absolute atomic E-state index is 0. The molecule has 0 radical (unpaired) electrons. The van der Waals surface area contributed by atoms with E-state index in [2.05, 4.69) is 34.5 Å². The fraction of sp³-hybridized carbons (Fsp3) is 0.625. The van der Waals surface area contributed by atoms with Crippen molar-refractivity contribution in [3.05, 3.63) is 29.8 Å². The molecule has 2 heterocycles. The largest absolute Gasteiger partial charge is 0.494 e. The Labute approximate surface area is 128 Å². The van der Waals surface area contributed by atoms with Gasteiger partial charge in [0.25, 0.3) is 0 Å². The Morgan fingerprint density at radius 2 is 2.05 bits per heavy atom. The van der Waals surface area contributed by atoms with Crippen molar-refractivity contribution in [2.75, 3.05) is 32.8 Å². The maximum absolute atomic E-state index is 5.49. The fourth-order valence-corrected chi connectivity index (χ4v) is 3.42. The molecule has 0 aliphatic carbocycles. The SMILES string of the molecule is CCOc1ccc(CN2CCC3(CCNC3)C2)cc1.Cl. The lowest BCUT2D eigenvalue weighted by Crippen LogP contribution is -2.28. The highest BCUT2D eigenvalue weighted by Crippen LogP contribution is 2.36. The van der Waals surface area contributed by atoms with Crippen LogP contribution in [-0.2, 0) is 6.54 Å². The lowest BCUT2D eigenvalue weighted by Gasteiger charge is -2.22. The summed E-state index contributed by atoms with van der Waals surface area (Å²) in [5, 5.41) is 3.52. The van der Waals surface area contributed by atoms with Crippen LogP contribution in [0, 0.1) is 5.41 Å². The van der Waals surface area contributed by atoms with E-state index in [1.54, 1.807) is 0 Å². The first kappa shape index (κ1) is 15.6. The van der Waals surface area contributed by atoms with Gasteiger partial charge < -0.3 is 10.1 Å². The Morgan fingerprint density at radius 3 is 2.70 bits per heavy atom. The molecule has 1 atom stereocenters. The van der Waals surface area contributed by atoms with Gasteiger partial charge in [0, 0.05) is 19.6 Å². The average molecular weight is 297 g/mol. The molecule has 2 aliphatic heterocycles. The van der Waals surface area contributed by atoms with Crippen LogP contribution in [0.25, 0.3) is 0 Å². The molecule has 0 bridgehead atoms. The van der Waals surface area contributed by atoms with E-state index in [0.29, 0.717) is 5.41 Å². The summed E-state index contributed by atoms with van der Waals surface area (Å²) in [5.74, 6) is 0.976. The van der Waals surface area contributed by atoms with Gasteiger partial charge in [-0.2, -0.15) is 0 Å². The number of benzene rings is 1. The van der Waals surface area contributed by atoms with Crippen LogP contribution in [-0.4, -0.2) is 37.7 Å². The van der Waals surface area contributed by atoms with Gasteiger partial charge in [0.05, 0.1) is 6.61 Å². The van der Waals surface area contributed by atoms with E-state index in [4.69, 9.17) is 4.74 Å². The van der Waals surface area contributed by atoms with Crippen molar-refractivity contribution in [2.45, 2.75) is 26.3 Å². The molecule has 1 unspecified atom stereocenters. The second-order valence-electron chi connectivity index (χ2n) is 5.96. The van der Waals surface area contributed by atoms with E-state index in [9.17, 15) is 0 Å². The van der Waals surface area contributed by atoms with Gasteiger partial charge in [-0.1, -0.05) is 12.1 Å². The van der Waals surface area contributed by atoms with Gasteiger partial charge >= 0.3 is 0 Å². The molecule has 1 spiro atoms. The number of nitrogens with one attached hydrogen (secondary N) is 1. The highest BCUT2D eigenvalue weighted by molar-refractivity contribution is 5.85. The maximum atomic E-state index is 5.49. The normalized spacial score (nSPS) is 25.9. The van der Waals surface area contributed by atoms with Crippen molar-refractivity contribution in [1.82, 2.24) is 10.2 Å². The molecule has 1 aromatic rings. The second-order valence-corrected chi connectivity index (χ2v) is 5.96. The molecule has 112 valence electrons. The van der Waals surface area contributed by atoms with Gasteiger partial charge in [0.2, 0.25) is 0 Å². The second kappa shape index (κ2) is 6.79. The summed E-state index contributed by atoms with van der Waals surface area (Å²) < 4.78 is 5.49. The topological polar surface area (TPSA) is 24.5 Å².